The third-order valence-corrected chi connectivity index (χ3v) is 4.84. The Morgan fingerprint density at radius 2 is 1.95 bits per heavy atom. The van der Waals surface area contributed by atoms with Gasteiger partial charge in [-0.3, -0.25) is 11.3 Å². The number of benzene rings is 2. The van der Waals surface area contributed by atoms with E-state index in [9.17, 15) is 8.78 Å². The summed E-state index contributed by atoms with van der Waals surface area (Å²) in [5.74, 6) is 4.76. The molecule has 0 saturated carbocycles. The van der Waals surface area contributed by atoms with E-state index in [2.05, 4.69) is 5.43 Å². The highest BCUT2D eigenvalue weighted by Gasteiger charge is 2.32. The third-order valence-electron chi connectivity index (χ3n) is 3.64. The van der Waals surface area contributed by atoms with Gasteiger partial charge in [0.1, 0.15) is 0 Å². The quantitative estimate of drug-likeness (QED) is 0.673. The van der Waals surface area contributed by atoms with Crippen molar-refractivity contribution in [2.75, 3.05) is 5.75 Å². The molecule has 0 fully saturated rings. The van der Waals surface area contributed by atoms with E-state index in [0.29, 0.717) is 0 Å². The molecular weight excluding hydrogens is 278 g/mol. The standard InChI is InChI=1S/C15H14F2N2S/c16-12-6-3-5-10(14(12)17)15(19-18)11-8-20-13-7-2-1-4-9(11)13/h1-7,11,15,19H,8,18H2. The van der Waals surface area contributed by atoms with Crippen molar-refractivity contribution >= 4 is 11.8 Å². The molecule has 0 aliphatic carbocycles. The van der Waals surface area contributed by atoms with Gasteiger partial charge < -0.3 is 0 Å². The Balaban J connectivity index is 2.02. The highest BCUT2D eigenvalue weighted by Crippen LogP contribution is 2.45. The van der Waals surface area contributed by atoms with Crippen molar-refractivity contribution in [3.05, 3.63) is 65.2 Å². The SMILES string of the molecule is NNC(c1cccc(F)c1F)C1CSc2ccccc21. The predicted molar refractivity (Wildman–Crippen MR) is 76.3 cm³/mol. The summed E-state index contributed by atoms with van der Waals surface area (Å²) in [6.07, 6.45) is 0. The van der Waals surface area contributed by atoms with Crippen LogP contribution in [0.4, 0.5) is 8.78 Å². The lowest BCUT2D eigenvalue weighted by Crippen LogP contribution is -2.33. The van der Waals surface area contributed by atoms with Crippen LogP contribution in [-0.4, -0.2) is 5.75 Å². The van der Waals surface area contributed by atoms with Crippen LogP contribution < -0.4 is 11.3 Å². The Labute approximate surface area is 120 Å². The Kier molecular flexibility index (Phi) is 3.74. The molecule has 1 heterocycles. The molecule has 20 heavy (non-hydrogen) atoms. The van der Waals surface area contributed by atoms with Crippen LogP contribution in [0.3, 0.4) is 0 Å². The van der Waals surface area contributed by atoms with Gasteiger partial charge in [-0.2, -0.15) is 0 Å². The first kappa shape index (κ1) is 13.5. The molecule has 2 aromatic rings. The minimum atomic E-state index is -0.846. The lowest BCUT2D eigenvalue weighted by molar-refractivity contribution is 0.436. The van der Waals surface area contributed by atoms with Crippen LogP contribution in [0.15, 0.2) is 47.4 Å². The Morgan fingerprint density at radius 3 is 2.75 bits per heavy atom. The molecule has 2 aromatic carbocycles. The van der Waals surface area contributed by atoms with Crippen molar-refractivity contribution in [3.8, 4) is 0 Å². The van der Waals surface area contributed by atoms with Gasteiger partial charge in [0.25, 0.3) is 0 Å². The van der Waals surface area contributed by atoms with E-state index in [1.807, 2.05) is 24.3 Å². The number of nitrogens with one attached hydrogen (secondary N) is 1. The average Bonchev–Trinajstić information content (AvgIpc) is 2.88. The molecule has 2 atom stereocenters. The second kappa shape index (κ2) is 5.52. The van der Waals surface area contributed by atoms with Gasteiger partial charge in [0.15, 0.2) is 11.6 Å². The summed E-state index contributed by atoms with van der Waals surface area (Å²) < 4.78 is 27.4. The van der Waals surface area contributed by atoms with Crippen molar-refractivity contribution in [1.82, 2.24) is 5.43 Å². The number of halogens is 2. The van der Waals surface area contributed by atoms with Gasteiger partial charge in [0.2, 0.25) is 0 Å². The van der Waals surface area contributed by atoms with Gasteiger partial charge in [-0.25, -0.2) is 8.78 Å². The molecule has 0 amide bonds. The number of nitrogens with two attached hydrogens (primary N) is 1. The molecule has 5 heteroatoms. The van der Waals surface area contributed by atoms with E-state index in [1.54, 1.807) is 17.8 Å². The molecular formula is C15H14F2N2S. The van der Waals surface area contributed by atoms with Crippen molar-refractivity contribution in [2.24, 2.45) is 5.84 Å². The van der Waals surface area contributed by atoms with Gasteiger partial charge >= 0.3 is 0 Å². The number of thioether (sulfide) groups is 1. The molecule has 104 valence electrons. The first-order valence-electron chi connectivity index (χ1n) is 6.34. The zero-order chi connectivity index (χ0) is 14.1. The lowest BCUT2D eigenvalue weighted by atomic mass is 9.88. The number of rotatable bonds is 3. The summed E-state index contributed by atoms with van der Waals surface area (Å²) in [7, 11) is 0. The van der Waals surface area contributed by atoms with Crippen LogP contribution in [0.1, 0.15) is 23.1 Å². The smallest absolute Gasteiger partial charge is 0.163 e. The zero-order valence-electron chi connectivity index (χ0n) is 10.6. The summed E-state index contributed by atoms with van der Waals surface area (Å²) in [6, 6.07) is 11.7. The lowest BCUT2D eigenvalue weighted by Gasteiger charge is -2.24. The van der Waals surface area contributed by atoms with E-state index < -0.39 is 17.7 Å². The zero-order valence-corrected chi connectivity index (χ0v) is 11.5. The fraction of sp³-hybridized carbons (Fsp3) is 0.200. The van der Waals surface area contributed by atoms with Crippen molar-refractivity contribution in [3.63, 3.8) is 0 Å². The van der Waals surface area contributed by atoms with Gasteiger partial charge in [-0.05, 0) is 17.7 Å². The largest absolute Gasteiger partial charge is 0.271 e. The first-order chi connectivity index (χ1) is 9.72. The van der Waals surface area contributed by atoms with Crippen LogP contribution in [0, 0.1) is 11.6 Å². The van der Waals surface area contributed by atoms with Gasteiger partial charge in [-0.15, -0.1) is 11.8 Å². The Morgan fingerprint density at radius 1 is 1.15 bits per heavy atom. The normalized spacial score (nSPS) is 18.9. The Hall–Kier alpha value is -1.43. The van der Waals surface area contributed by atoms with E-state index in [4.69, 9.17) is 5.84 Å². The summed E-state index contributed by atoms with van der Waals surface area (Å²) in [5, 5.41) is 0. The molecule has 0 bridgehead atoms. The van der Waals surface area contributed by atoms with Crippen molar-refractivity contribution < 1.29 is 8.78 Å². The second-order valence-electron chi connectivity index (χ2n) is 4.74. The molecule has 1 aliphatic heterocycles. The number of hydrogen-bond acceptors (Lipinski definition) is 3. The van der Waals surface area contributed by atoms with Crippen molar-refractivity contribution in [1.29, 1.82) is 0 Å². The Bertz CT molecular complexity index is 633. The van der Waals surface area contributed by atoms with Crippen LogP contribution in [0.5, 0.6) is 0 Å². The molecule has 2 nitrogen and oxygen atoms in total. The maximum atomic E-state index is 14.0. The number of hydrazine groups is 1. The minimum absolute atomic E-state index is 0.0255. The van der Waals surface area contributed by atoms with E-state index in [1.165, 1.54) is 11.0 Å². The molecule has 0 spiro atoms. The minimum Gasteiger partial charge on any atom is -0.271 e. The van der Waals surface area contributed by atoms with Crippen LogP contribution >= 0.6 is 11.8 Å². The van der Waals surface area contributed by atoms with Crippen LogP contribution in [-0.2, 0) is 0 Å². The van der Waals surface area contributed by atoms with Crippen LogP contribution in [0.2, 0.25) is 0 Å². The van der Waals surface area contributed by atoms with E-state index in [0.717, 1.165) is 17.4 Å². The van der Waals surface area contributed by atoms with Gasteiger partial charge in [-0.1, -0.05) is 30.3 Å². The van der Waals surface area contributed by atoms with E-state index >= 15 is 0 Å². The highest BCUT2D eigenvalue weighted by atomic mass is 32.2. The number of hydrogen-bond donors (Lipinski definition) is 2. The van der Waals surface area contributed by atoms with Gasteiger partial charge in [0.05, 0.1) is 6.04 Å². The maximum absolute atomic E-state index is 14.0. The summed E-state index contributed by atoms with van der Waals surface area (Å²) in [4.78, 5) is 1.18. The average molecular weight is 292 g/mol. The topological polar surface area (TPSA) is 38.0 Å². The monoisotopic (exact) mass is 292 g/mol. The molecule has 3 rings (SSSR count). The third kappa shape index (κ3) is 2.22. The molecule has 1 aliphatic rings. The summed E-state index contributed by atoms with van der Waals surface area (Å²) in [6.45, 7) is 0. The summed E-state index contributed by atoms with van der Waals surface area (Å²) >= 11 is 1.71. The molecule has 0 radical (unpaired) electrons. The summed E-state index contributed by atoms with van der Waals surface area (Å²) in [5.41, 5.74) is 4.05. The first-order valence-corrected chi connectivity index (χ1v) is 7.32. The van der Waals surface area contributed by atoms with Gasteiger partial charge in [0, 0.05) is 22.1 Å². The molecule has 0 saturated heterocycles. The maximum Gasteiger partial charge on any atom is 0.163 e. The highest BCUT2D eigenvalue weighted by molar-refractivity contribution is 7.99. The second-order valence-corrected chi connectivity index (χ2v) is 5.80. The molecule has 0 aromatic heterocycles. The van der Waals surface area contributed by atoms with Crippen molar-refractivity contribution in [2.45, 2.75) is 16.9 Å². The fourth-order valence-corrected chi connectivity index (χ4v) is 3.94. The fourth-order valence-electron chi connectivity index (χ4n) is 2.65. The molecule has 2 unspecified atom stereocenters. The predicted octanol–water partition coefficient (Wildman–Crippen LogP) is 3.36. The van der Waals surface area contributed by atoms with Crippen LogP contribution in [0.25, 0.3) is 0 Å². The van der Waals surface area contributed by atoms with E-state index in [-0.39, 0.29) is 11.5 Å². The number of fused-ring (bicyclic) bond motifs is 1. The molecule has 3 N–H and O–H groups in total.